The van der Waals surface area contributed by atoms with E-state index in [1.807, 2.05) is 6.08 Å². The van der Waals surface area contributed by atoms with Gasteiger partial charge in [-0.15, -0.1) is 6.58 Å². The summed E-state index contributed by atoms with van der Waals surface area (Å²) in [6.45, 7) is 15.8. The summed E-state index contributed by atoms with van der Waals surface area (Å²) in [5, 5.41) is 3.42. The highest BCUT2D eigenvalue weighted by Crippen LogP contribution is 2.08. The number of rotatable bonds is 8. The second-order valence-electron chi connectivity index (χ2n) is 3.95. The highest BCUT2D eigenvalue weighted by molar-refractivity contribution is 4.82. The molecule has 0 spiro atoms. The minimum Gasteiger partial charge on any atom is -0.315 e. The van der Waals surface area contributed by atoms with Crippen molar-refractivity contribution in [1.82, 2.24) is 10.2 Å². The molecule has 0 saturated carbocycles. The van der Waals surface area contributed by atoms with Gasteiger partial charge >= 0.3 is 0 Å². The van der Waals surface area contributed by atoms with Crippen LogP contribution in [0.2, 0.25) is 0 Å². The number of hydrogen-bond acceptors (Lipinski definition) is 2. The van der Waals surface area contributed by atoms with Crippen molar-refractivity contribution in [2.45, 2.75) is 46.2 Å². The summed E-state index contributed by atoms with van der Waals surface area (Å²) in [4.78, 5) is 2.50. The van der Waals surface area contributed by atoms with Gasteiger partial charge in [-0.2, -0.15) is 0 Å². The maximum Gasteiger partial charge on any atom is 0.0224 e. The van der Waals surface area contributed by atoms with Crippen LogP contribution in [0.25, 0.3) is 0 Å². The van der Waals surface area contributed by atoms with E-state index in [2.05, 4.69) is 44.5 Å². The molecule has 2 nitrogen and oxygen atoms in total. The Morgan fingerprint density at radius 1 is 1.36 bits per heavy atom. The molecule has 0 radical (unpaired) electrons. The van der Waals surface area contributed by atoms with Crippen molar-refractivity contribution < 1.29 is 0 Å². The van der Waals surface area contributed by atoms with Gasteiger partial charge in [0.05, 0.1) is 0 Å². The van der Waals surface area contributed by atoms with Crippen LogP contribution in [-0.2, 0) is 0 Å². The third kappa shape index (κ3) is 4.77. The monoisotopic (exact) mass is 198 g/mol. The number of likely N-dealkylation sites (N-methyl/N-ethyl adjacent to an activating group) is 1. The minimum absolute atomic E-state index is 0.594. The van der Waals surface area contributed by atoms with E-state index in [-0.39, 0.29) is 0 Å². The first-order valence-corrected chi connectivity index (χ1v) is 5.74. The van der Waals surface area contributed by atoms with Gasteiger partial charge in [0.25, 0.3) is 0 Å². The molecule has 0 aromatic carbocycles. The smallest absolute Gasteiger partial charge is 0.0224 e. The normalized spacial score (nSPS) is 13.6. The molecule has 0 aromatic heterocycles. The summed E-state index contributed by atoms with van der Waals surface area (Å²) in [5.41, 5.74) is 0. The zero-order chi connectivity index (χ0) is 11.0. The molecule has 1 N–H and O–H groups in total. The lowest BCUT2D eigenvalue weighted by molar-refractivity contribution is 0.164. The average Bonchev–Trinajstić information content (AvgIpc) is 2.17. The molecule has 0 fully saturated rings. The summed E-state index contributed by atoms with van der Waals surface area (Å²) in [5.74, 6) is 0. The minimum atomic E-state index is 0.594. The van der Waals surface area contributed by atoms with Crippen molar-refractivity contribution in [3.63, 3.8) is 0 Å². The van der Waals surface area contributed by atoms with E-state index in [9.17, 15) is 0 Å². The third-order valence-electron chi connectivity index (χ3n) is 2.57. The molecule has 84 valence electrons. The Morgan fingerprint density at radius 2 is 2.00 bits per heavy atom. The topological polar surface area (TPSA) is 15.3 Å². The van der Waals surface area contributed by atoms with Crippen molar-refractivity contribution in [3.05, 3.63) is 12.7 Å². The van der Waals surface area contributed by atoms with Crippen molar-refractivity contribution >= 4 is 0 Å². The van der Waals surface area contributed by atoms with Crippen molar-refractivity contribution in [2.24, 2.45) is 0 Å². The van der Waals surface area contributed by atoms with Crippen LogP contribution in [0.15, 0.2) is 12.7 Å². The lowest BCUT2D eigenvalue weighted by Gasteiger charge is -2.33. The summed E-state index contributed by atoms with van der Waals surface area (Å²) in [7, 11) is 0. The lowest BCUT2D eigenvalue weighted by atomic mass is 10.1. The molecule has 0 rings (SSSR count). The molecule has 0 heterocycles. The fourth-order valence-electron chi connectivity index (χ4n) is 1.74. The van der Waals surface area contributed by atoms with Crippen LogP contribution in [0, 0.1) is 0 Å². The molecule has 0 saturated heterocycles. The molecule has 0 amide bonds. The van der Waals surface area contributed by atoms with Crippen LogP contribution in [-0.4, -0.2) is 36.6 Å². The van der Waals surface area contributed by atoms with Gasteiger partial charge in [-0.1, -0.05) is 19.9 Å². The molecule has 0 aliphatic carbocycles. The highest BCUT2D eigenvalue weighted by Gasteiger charge is 2.17. The molecule has 14 heavy (non-hydrogen) atoms. The van der Waals surface area contributed by atoms with E-state index in [0.29, 0.717) is 12.1 Å². The summed E-state index contributed by atoms with van der Waals surface area (Å²) < 4.78 is 0. The Bertz CT molecular complexity index is 143. The van der Waals surface area contributed by atoms with Crippen LogP contribution < -0.4 is 5.32 Å². The van der Waals surface area contributed by atoms with Crippen LogP contribution in [0.3, 0.4) is 0 Å². The number of nitrogens with zero attached hydrogens (tertiary/aromatic N) is 1. The molecule has 0 aliphatic heterocycles. The predicted octanol–water partition coefficient (Wildman–Crippen LogP) is 2.27. The SMILES string of the molecule is C=CCN(C(C)C)C(CC)CNCC. The molecule has 2 heteroatoms. The van der Waals surface area contributed by atoms with Crippen LogP contribution in [0.5, 0.6) is 0 Å². The maximum absolute atomic E-state index is 3.82. The maximum atomic E-state index is 3.82. The van der Waals surface area contributed by atoms with Gasteiger partial charge in [-0.05, 0) is 26.8 Å². The quantitative estimate of drug-likeness (QED) is 0.602. The van der Waals surface area contributed by atoms with Crippen LogP contribution in [0.4, 0.5) is 0 Å². The standard InChI is InChI=1S/C12H26N2/c1-6-9-14(11(4)5)12(7-2)10-13-8-3/h6,11-13H,1,7-10H2,2-5H3. The molecule has 0 bridgehead atoms. The van der Waals surface area contributed by atoms with Gasteiger partial charge in [-0.25, -0.2) is 0 Å². The Balaban J connectivity index is 4.17. The number of hydrogen-bond donors (Lipinski definition) is 1. The van der Waals surface area contributed by atoms with Crippen molar-refractivity contribution in [2.75, 3.05) is 19.6 Å². The van der Waals surface area contributed by atoms with Gasteiger partial charge in [0, 0.05) is 25.2 Å². The first-order chi connectivity index (χ1) is 6.67. The van der Waals surface area contributed by atoms with Crippen molar-refractivity contribution in [3.8, 4) is 0 Å². The number of nitrogens with one attached hydrogen (secondary N) is 1. The average molecular weight is 198 g/mol. The first-order valence-electron chi connectivity index (χ1n) is 5.74. The molecular formula is C12H26N2. The van der Waals surface area contributed by atoms with Gasteiger partial charge in [-0.3, -0.25) is 4.90 Å². The second-order valence-corrected chi connectivity index (χ2v) is 3.95. The summed E-state index contributed by atoms with van der Waals surface area (Å²) in [6.07, 6.45) is 3.19. The Morgan fingerprint density at radius 3 is 2.36 bits per heavy atom. The highest BCUT2D eigenvalue weighted by atomic mass is 15.2. The zero-order valence-electron chi connectivity index (χ0n) is 10.2. The molecule has 0 aromatic rings. The van der Waals surface area contributed by atoms with E-state index in [4.69, 9.17) is 0 Å². The fraction of sp³-hybridized carbons (Fsp3) is 0.833. The first kappa shape index (κ1) is 13.7. The van der Waals surface area contributed by atoms with E-state index < -0.39 is 0 Å². The molecular weight excluding hydrogens is 172 g/mol. The van der Waals surface area contributed by atoms with E-state index in [0.717, 1.165) is 19.6 Å². The van der Waals surface area contributed by atoms with Crippen LogP contribution in [0.1, 0.15) is 34.1 Å². The van der Waals surface area contributed by atoms with E-state index >= 15 is 0 Å². The Labute approximate surface area is 89.4 Å². The molecule has 1 unspecified atom stereocenters. The summed E-state index contributed by atoms with van der Waals surface area (Å²) >= 11 is 0. The summed E-state index contributed by atoms with van der Waals surface area (Å²) in [6, 6.07) is 1.23. The zero-order valence-corrected chi connectivity index (χ0v) is 10.2. The third-order valence-corrected chi connectivity index (χ3v) is 2.57. The largest absolute Gasteiger partial charge is 0.315 e. The Kier molecular flexibility index (Phi) is 7.81. The Hall–Kier alpha value is -0.340. The molecule has 0 aliphatic rings. The van der Waals surface area contributed by atoms with Crippen molar-refractivity contribution in [1.29, 1.82) is 0 Å². The van der Waals surface area contributed by atoms with Crippen LogP contribution >= 0.6 is 0 Å². The molecule has 1 atom stereocenters. The van der Waals surface area contributed by atoms with Gasteiger partial charge in [0.1, 0.15) is 0 Å². The van der Waals surface area contributed by atoms with E-state index in [1.54, 1.807) is 0 Å². The van der Waals surface area contributed by atoms with Gasteiger partial charge in [0.2, 0.25) is 0 Å². The second kappa shape index (κ2) is 8.01. The van der Waals surface area contributed by atoms with Gasteiger partial charge in [0.15, 0.2) is 0 Å². The fourth-order valence-corrected chi connectivity index (χ4v) is 1.74. The van der Waals surface area contributed by atoms with Gasteiger partial charge < -0.3 is 5.32 Å². The lowest BCUT2D eigenvalue weighted by Crippen LogP contribution is -2.45. The predicted molar refractivity (Wildman–Crippen MR) is 64.7 cm³/mol. The van der Waals surface area contributed by atoms with E-state index in [1.165, 1.54) is 6.42 Å².